The number of nitrogens with one attached hydrogen (secondary N) is 2. The number of hydrogen-bond donors (Lipinski definition) is 2. The number of carbonyl (C=O) groups excluding carboxylic acids is 3. The van der Waals surface area contributed by atoms with Gasteiger partial charge < -0.3 is 10.2 Å². The van der Waals surface area contributed by atoms with Crippen molar-refractivity contribution >= 4 is 17.8 Å². The van der Waals surface area contributed by atoms with E-state index < -0.39 is 6.03 Å². The first-order valence-corrected chi connectivity index (χ1v) is 8.52. The summed E-state index contributed by atoms with van der Waals surface area (Å²) in [6.45, 7) is 5.62. The van der Waals surface area contributed by atoms with Crippen molar-refractivity contribution in [3.8, 4) is 0 Å². The summed E-state index contributed by atoms with van der Waals surface area (Å²) in [6, 6.07) is -0.487. The Morgan fingerprint density at radius 3 is 2.39 bits per heavy atom. The molecule has 2 heterocycles. The molecule has 2 rings (SSSR count). The highest BCUT2D eigenvalue weighted by Crippen LogP contribution is 2.23. The van der Waals surface area contributed by atoms with Gasteiger partial charge in [0.15, 0.2) is 0 Å². The van der Waals surface area contributed by atoms with E-state index in [1.54, 1.807) is 0 Å². The molecule has 2 aliphatic rings. The van der Waals surface area contributed by atoms with Crippen LogP contribution in [0, 0.1) is 11.8 Å². The highest BCUT2D eigenvalue weighted by Gasteiger charge is 2.30. The SMILES string of the molecule is CNC(=O)NC(=O)CN1CCC(C(=O)N2CCCC(C)C2)CC1. The first-order chi connectivity index (χ1) is 11.0. The van der Waals surface area contributed by atoms with Crippen LogP contribution in [0.25, 0.3) is 0 Å². The zero-order valence-electron chi connectivity index (χ0n) is 14.1. The van der Waals surface area contributed by atoms with Gasteiger partial charge in [-0.3, -0.25) is 19.8 Å². The van der Waals surface area contributed by atoms with E-state index in [-0.39, 0.29) is 24.3 Å². The molecule has 0 spiro atoms. The van der Waals surface area contributed by atoms with Gasteiger partial charge >= 0.3 is 6.03 Å². The number of imide groups is 1. The number of piperidine rings is 2. The molecule has 0 aromatic heterocycles. The molecule has 7 nitrogen and oxygen atoms in total. The first kappa shape index (κ1) is 17.7. The van der Waals surface area contributed by atoms with Crippen molar-refractivity contribution < 1.29 is 14.4 Å². The molecule has 7 heteroatoms. The Morgan fingerprint density at radius 1 is 1.09 bits per heavy atom. The normalized spacial score (nSPS) is 23.4. The maximum Gasteiger partial charge on any atom is 0.321 e. The van der Waals surface area contributed by atoms with Gasteiger partial charge in [-0.05, 0) is 44.7 Å². The molecule has 4 amide bonds. The molecular formula is C16H28N4O3. The van der Waals surface area contributed by atoms with E-state index in [2.05, 4.69) is 17.6 Å². The Hall–Kier alpha value is -1.63. The summed E-state index contributed by atoms with van der Waals surface area (Å²) < 4.78 is 0. The molecule has 1 atom stereocenters. The molecule has 2 aliphatic heterocycles. The lowest BCUT2D eigenvalue weighted by Crippen LogP contribution is -2.48. The second kappa shape index (κ2) is 8.29. The molecule has 0 aliphatic carbocycles. The first-order valence-electron chi connectivity index (χ1n) is 8.52. The van der Waals surface area contributed by atoms with Crippen LogP contribution < -0.4 is 10.6 Å². The largest absolute Gasteiger partial charge is 0.342 e. The Bertz CT molecular complexity index is 447. The van der Waals surface area contributed by atoms with E-state index in [1.165, 1.54) is 13.5 Å². The van der Waals surface area contributed by atoms with E-state index in [9.17, 15) is 14.4 Å². The van der Waals surface area contributed by atoms with Crippen LogP contribution in [0.3, 0.4) is 0 Å². The molecule has 0 radical (unpaired) electrons. The van der Waals surface area contributed by atoms with Crippen molar-refractivity contribution in [3.63, 3.8) is 0 Å². The summed E-state index contributed by atoms with van der Waals surface area (Å²) in [5.74, 6) is 0.657. The third-order valence-electron chi connectivity index (χ3n) is 4.75. The van der Waals surface area contributed by atoms with Gasteiger partial charge in [0.2, 0.25) is 11.8 Å². The molecule has 1 unspecified atom stereocenters. The number of nitrogens with zero attached hydrogens (tertiary/aromatic N) is 2. The van der Waals surface area contributed by atoms with Gasteiger partial charge in [0.05, 0.1) is 6.54 Å². The van der Waals surface area contributed by atoms with Gasteiger partial charge in [-0.15, -0.1) is 0 Å². The molecule has 2 saturated heterocycles. The smallest absolute Gasteiger partial charge is 0.321 e. The number of amides is 4. The van der Waals surface area contributed by atoms with Crippen LogP contribution in [0.4, 0.5) is 4.79 Å². The van der Waals surface area contributed by atoms with E-state index in [0.29, 0.717) is 5.92 Å². The third-order valence-corrected chi connectivity index (χ3v) is 4.75. The molecule has 0 bridgehead atoms. The Balaban J connectivity index is 1.74. The molecule has 2 N–H and O–H groups in total. The average molecular weight is 324 g/mol. The minimum atomic E-state index is -0.487. The van der Waals surface area contributed by atoms with E-state index >= 15 is 0 Å². The minimum absolute atomic E-state index is 0.0820. The van der Waals surface area contributed by atoms with Crippen molar-refractivity contribution in [1.29, 1.82) is 0 Å². The standard InChI is InChI=1S/C16H28N4O3/c1-12-4-3-7-20(10-12)15(22)13-5-8-19(9-6-13)11-14(21)18-16(23)17-2/h12-13H,3-11H2,1-2H3,(H2,17,18,21,23). The van der Waals surface area contributed by atoms with Crippen LogP contribution in [0.15, 0.2) is 0 Å². The zero-order chi connectivity index (χ0) is 16.8. The van der Waals surface area contributed by atoms with Crippen LogP contribution in [0.5, 0.6) is 0 Å². The summed E-state index contributed by atoms with van der Waals surface area (Å²) in [5, 5.41) is 4.62. The van der Waals surface area contributed by atoms with Crippen molar-refractivity contribution in [1.82, 2.24) is 20.4 Å². The predicted molar refractivity (Wildman–Crippen MR) is 86.7 cm³/mol. The Morgan fingerprint density at radius 2 is 1.78 bits per heavy atom. The highest BCUT2D eigenvalue weighted by molar-refractivity contribution is 5.95. The van der Waals surface area contributed by atoms with Gasteiger partial charge in [0, 0.05) is 26.1 Å². The van der Waals surface area contributed by atoms with Gasteiger partial charge in [-0.1, -0.05) is 6.92 Å². The molecule has 0 saturated carbocycles. The molecule has 0 aromatic carbocycles. The van der Waals surface area contributed by atoms with Crippen molar-refractivity contribution in [2.24, 2.45) is 11.8 Å². The van der Waals surface area contributed by atoms with Crippen molar-refractivity contribution in [2.75, 3.05) is 39.8 Å². The third kappa shape index (κ3) is 5.20. The fraction of sp³-hybridized carbons (Fsp3) is 0.812. The molecule has 23 heavy (non-hydrogen) atoms. The number of urea groups is 1. The molecule has 0 aromatic rings. The van der Waals surface area contributed by atoms with Crippen LogP contribution in [0.2, 0.25) is 0 Å². The molecule has 2 fully saturated rings. The quantitative estimate of drug-likeness (QED) is 0.788. The Kier molecular flexibility index (Phi) is 6.38. The summed E-state index contributed by atoms with van der Waals surface area (Å²) in [5.41, 5.74) is 0. The monoisotopic (exact) mass is 324 g/mol. The lowest BCUT2D eigenvalue weighted by Gasteiger charge is -2.36. The maximum atomic E-state index is 12.6. The summed E-state index contributed by atoms with van der Waals surface area (Å²) in [6.07, 6.45) is 3.89. The summed E-state index contributed by atoms with van der Waals surface area (Å²) >= 11 is 0. The van der Waals surface area contributed by atoms with E-state index in [0.717, 1.165) is 45.4 Å². The predicted octanol–water partition coefficient (Wildman–Crippen LogP) is 0.413. The fourth-order valence-corrected chi connectivity index (χ4v) is 3.42. The molecular weight excluding hydrogens is 296 g/mol. The molecule has 130 valence electrons. The van der Waals surface area contributed by atoms with Crippen LogP contribution in [-0.4, -0.2) is 67.4 Å². The van der Waals surface area contributed by atoms with Gasteiger partial charge in [-0.25, -0.2) is 4.79 Å². The summed E-state index contributed by atoms with van der Waals surface area (Å²) in [4.78, 5) is 39.4. The number of hydrogen-bond acceptors (Lipinski definition) is 4. The minimum Gasteiger partial charge on any atom is -0.342 e. The lowest BCUT2D eigenvalue weighted by atomic mass is 9.93. The maximum absolute atomic E-state index is 12.6. The average Bonchev–Trinajstić information content (AvgIpc) is 2.54. The zero-order valence-corrected chi connectivity index (χ0v) is 14.1. The topological polar surface area (TPSA) is 81.8 Å². The van der Waals surface area contributed by atoms with Gasteiger partial charge in [-0.2, -0.15) is 0 Å². The second-order valence-electron chi connectivity index (χ2n) is 6.71. The highest BCUT2D eigenvalue weighted by atomic mass is 16.2. The summed E-state index contributed by atoms with van der Waals surface area (Å²) in [7, 11) is 1.47. The van der Waals surface area contributed by atoms with Crippen molar-refractivity contribution in [2.45, 2.75) is 32.6 Å². The van der Waals surface area contributed by atoms with Crippen LogP contribution >= 0.6 is 0 Å². The fourth-order valence-electron chi connectivity index (χ4n) is 3.42. The van der Waals surface area contributed by atoms with Gasteiger partial charge in [0.1, 0.15) is 0 Å². The van der Waals surface area contributed by atoms with Crippen LogP contribution in [-0.2, 0) is 9.59 Å². The van der Waals surface area contributed by atoms with E-state index in [1.807, 2.05) is 9.80 Å². The Labute approximate surface area is 137 Å². The van der Waals surface area contributed by atoms with E-state index in [4.69, 9.17) is 0 Å². The number of likely N-dealkylation sites (tertiary alicyclic amines) is 2. The lowest BCUT2D eigenvalue weighted by molar-refractivity contribution is -0.138. The number of rotatable bonds is 3. The second-order valence-corrected chi connectivity index (χ2v) is 6.71. The number of carbonyl (C=O) groups is 3. The van der Waals surface area contributed by atoms with Crippen molar-refractivity contribution in [3.05, 3.63) is 0 Å². The van der Waals surface area contributed by atoms with Crippen LogP contribution in [0.1, 0.15) is 32.6 Å². The van der Waals surface area contributed by atoms with Gasteiger partial charge in [0.25, 0.3) is 0 Å².